The zero-order chi connectivity index (χ0) is 11.8. The number of likely N-dealkylation sites (N-methyl/N-ethyl adjacent to an activating group) is 1. The average Bonchev–Trinajstić information content (AvgIpc) is 2.30. The lowest BCUT2D eigenvalue weighted by Gasteiger charge is -2.05. The molecule has 5 heteroatoms. The van der Waals surface area contributed by atoms with Gasteiger partial charge in [0.15, 0.2) is 0 Å². The van der Waals surface area contributed by atoms with Crippen molar-refractivity contribution in [1.82, 2.24) is 10.6 Å². The van der Waals surface area contributed by atoms with Gasteiger partial charge in [-0.3, -0.25) is 4.79 Å². The molecule has 0 radical (unpaired) electrons. The van der Waals surface area contributed by atoms with Crippen LogP contribution < -0.4 is 10.6 Å². The van der Waals surface area contributed by atoms with Gasteiger partial charge in [0.2, 0.25) is 0 Å². The van der Waals surface area contributed by atoms with E-state index in [9.17, 15) is 4.79 Å². The SMILES string of the molecule is CNCCNC(=O)c1ccc(COC)cc1.Cl. The first kappa shape index (κ1) is 15.9. The smallest absolute Gasteiger partial charge is 0.251 e. The molecule has 0 saturated heterocycles. The van der Waals surface area contributed by atoms with E-state index in [2.05, 4.69) is 10.6 Å². The molecule has 0 aromatic heterocycles. The Morgan fingerprint density at radius 3 is 2.41 bits per heavy atom. The summed E-state index contributed by atoms with van der Waals surface area (Å²) >= 11 is 0. The lowest BCUT2D eigenvalue weighted by Crippen LogP contribution is -2.30. The first-order valence-corrected chi connectivity index (χ1v) is 5.28. The van der Waals surface area contributed by atoms with Gasteiger partial charge in [0.25, 0.3) is 5.91 Å². The van der Waals surface area contributed by atoms with Gasteiger partial charge >= 0.3 is 0 Å². The molecule has 2 N–H and O–H groups in total. The highest BCUT2D eigenvalue weighted by atomic mass is 35.5. The summed E-state index contributed by atoms with van der Waals surface area (Å²) in [5.41, 5.74) is 1.74. The van der Waals surface area contributed by atoms with Crippen LogP contribution in [0.25, 0.3) is 0 Å². The highest BCUT2D eigenvalue weighted by Gasteiger charge is 2.03. The quantitative estimate of drug-likeness (QED) is 0.754. The molecular formula is C12H19ClN2O2. The monoisotopic (exact) mass is 258 g/mol. The van der Waals surface area contributed by atoms with E-state index in [0.717, 1.165) is 12.1 Å². The van der Waals surface area contributed by atoms with E-state index in [1.807, 2.05) is 31.3 Å². The lowest BCUT2D eigenvalue weighted by molar-refractivity contribution is 0.0954. The van der Waals surface area contributed by atoms with Gasteiger partial charge in [-0.2, -0.15) is 0 Å². The molecule has 1 amide bonds. The summed E-state index contributed by atoms with van der Waals surface area (Å²) in [5, 5.41) is 5.79. The first-order chi connectivity index (χ1) is 7.77. The summed E-state index contributed by atoms with van der Waals surface area (Å²) in [7, 11) is 3.50. The highest BCUT2D eigenvalue weighted by molar-refractivity contribution is 5.94. The number of ether oxygens (including phenoxy) is 1. The van der Waals surface area contributed by atoms with Gasteiger partial charge in [0, 0.05) is 25.8 Å². The normalized spacial score (nSPS) is 9.53. The van der Waals surface area contributed by atoms with Crippen molar-refractivity contribution in [3.63, 3.8) is 0 Å². The molecule has 0 aliphatic heterocycles. The maximum Gasteiger partial charge on any atom is 0.251 e. The van der Waals surface area contributed by atoms with E-state index in [0.29, 0.717) is 18.7 Å². The number of halogens is 1. The largest absolute Gasteiger partial charge is 0.380 e. The summed E-state index contributed by atoms with van der Waals surface area (Å²) in [4.78, 5) is 11.6. The minimum Gasteiger partial charge on any atom is -0.380 e. The van der Waals surface area contributed by atoms with E-state index in [1.165, 1.54) is 0 Å². The molecule has 0 bridgehead atoms. The Morgan fingerprint density at radius 2 is 1.88 bits per heavy atom. The van der Waals surface area contributed by atoms with Crippen molar-refractivity contribution in [3.8, 4) is 0 Å². The third-order valence-corrected chi connectivity index (χ3v) is 2.19. The van der Waals surface area contributed by atoms with E-state index >= 15 is 0 Å². The molecule has 0 aliphatic carbocycles. The fourth-order valence-corrected chi connectivity index (χ4v) is 1.32. The van der Waals surface area contributed by atoms with Crippen LogP contribution in [0, 0.1) is 0 Å². The van der Waals surface area contributed by atoms with Gasteiger partial charge in [-0.15, -0.1) is 12.4 Å². The second-order valence-electron chi connectivity index (χ2n) is 3.49. The maximum atomic E-state index is 11.6. The summed E-state index contributed by atoms with van der Waals surface area (Å²) in [6.07, 6.45) is 0. The topological polar surface area (TPSA) is 50.4 Å². The number of hydrogen-bond acceptors (Lipinski definition) is 3. The third-order valence-electron chi connectivity index (χ3n) is 2.19. The van der Waals surface area contributed by atoms with Gasteiger partial charge in [-0.25, -0.2) is 0 Å². The molecule has 1 rings (SSSR count). The van der Waals surface area contributed by atoms with E-state index in [-0.39, 0.29) is 18.3 Å². The van der Waals surface area contributed by atoms with Crippen molar-refractivity contribution >= 4 is 18.3 Å². The van der Waals surface area contributed by atoms with Crippen molar-refractivity contribution < 1.29 is 9.53 Å². The molecule has 0 heterocycles. The third kappa shape index (κ3) is 5.68. The Morgan fingerprint density at radius 1 is 1.24 bits per heavy atom. The van der Waals surface area contributed by atoms with Crippen LogP contribution in [0.5, 0.6) is 0 Å². The summed E-state index contributed by atoms with van der Waals surface area (Å²) in [5.74, 6) is -0.0424. The van der Waals surface area contributed by atoms with Crippen molar-refractivity contribution in [2.45, 2.75) is 6.61 Å². The maximum absolute atomic E-state index is 11.6. The predicted molar refractivity (Wildman–Crippen MR) is 70.7 cm³/mol. The van der Waals surface area contributed by atoms with Crippen molar-refractivity contribution in [3.05, 3.63) is 35.4 Å². The second kappa shape index (κ2) is 8.98. The zero-order valence-corrected chi connectivity index (χ0v) is 11.0. The number of nitrogens with one attached hydrogen (secondary N) is 2. The minimum absolute atomic E-state index is 0. The van der Waals surface area contributed by atoms with Gasteiger partial charge in [0.05, 0.1) is 6.61 Å². The fraction of sp³-hybridized carbons (Fsp3) is 0.417. The number of carbonyl (C=O) groups excluding carboxylic acids is 1. The molecule has 1 aromatic rings. The van der Waals surface area contributed by atoms with Crippen molar-refractivity contribution in [2.75, 3.05) is 27.2 Å². The predicted octanol–water partition coefficient (Wildman–Crippen LogP) is 1.20. The molecule has 4 nitrogen and oxygen atoms in total. The molecule has 17 heavy (non-hydrogen) atoms. The molecule has 0 spiro atoms. The number of amides is 1. The molecule has 0 fully saturated rings. The number of rotatable bonds is 6. The minimum atomic E-state index is -0.0424. The van der Waals surface area contributed by atoms with Gasteiger partial charge < -0.3 is 15.4 Å². The fourth-order valence-electron chi connectivity index (χ4n) is 1.32. The van der Waals surface area contributed by atoms with Crippen LogP contribution in [0.3, 0.4) is 0 Å². The van der Waals surface area contributed by atoms with E-state index < -0.39 is 0 Å². The summed E-state index contributed by atoms with van der Waals surface area (Å²) in [6.45, 7) is 1.98. The first-order valence-electron chi connectivity index (χ1n) is 5.28. The number of hydrogen-bond donors (Lipinski definition) is 2. The average molecular weight is 259 g/mol. The van der Waals surface area contributed by atoms with E-state index in [4.69, 9.17) is 4.74 Å². The van der Waals surface area contributed by atoms with Crippen molar-refractivity contribution in [1.29, 1.82) is 0 Å². The molecule has 0 saturated carbocycles. The molecular weight excluding hydrogens is 240 g/mol. The highest BCUT2D eigenvalue weighted by Crippen LogP contribution is 2.05. The van der Waals surface area contributed by atoms with Gasteiger partial charge in [-0.05, 0) is 24.7 Å². The van der Waals surface area contributed by atoms with Crippen LogP contribution >= 0.6 is 12.4 Å². The lowest BCUT2D eigenvalue weighted by atomic mass is 10.1. The molecule has 0 atom stereocenters. The molecule has 1 aromatic carbocycles. The summed E-state index contributed by atoms with van der Waals surface area (Å²) < 4.78 is 5.00. The number of carbonyl (C=O) groups is 1. The second-order valence-corrected chi connectivity index (χ2v) is 3.49. The Bertz CT molecular complexity index is 328. The molecule has 0 aliphatic rings. The van der Waals surface area contributed by atoms with Crippen LogP contribution in [0.2, 0.25) is 0 Å². The van der Waals surface area contributed by atoms with Crippen LogP contribution in [0.15, 0.2) is 24.3 Å². The van der Waals surface area contributed by atoms with Crippen LogP contribution in [0.4, 0.5) is 0 Å². The Balaban J connectivity index is 0.00000256. The van der Waals surface area contributed by atoms with Crippen LogP contribution in [0.1, 0.15) is 15.9 Å². The number of benzene rings is 1. The standard InChI is InChI=1S/C12H18N2O2.ClH/c1-13-7-8-14-12(15)11-5-3-10(4-6-11)9-16-2;/h3-6,13H,7-9H2,1-2H3,(H,14,15);1H. The zero-order valence-electron chi connectivity index (χ0n) is 10.2. The molecule has 0 unspecified atom stereocenters. The van der Waals surface area contributed by atoms with Crippen molar-refractivity contribution in [2.24, 2.45) is 0 Å². The molecule has 96 valence electrons. The Hall–Kier alpha value is -1.10. The van der Waals surface area contributed by atoms with Crippen LogP contribution in [-0.4, -0.2) is 33.2 Å². The van der Waals surface area contributed by atoms with E-state index in [1.54, 1.807) is 7.11 Å². The Kier molecular flexibility index (Phi) is 8.40. The summed E-state index contributed by atoms with van der Waals surface area (Å²) in [6, 6.07) is 7.42. The Labute approximate surface area is 108 Å². The van der Waals surface area contributed by atoms with Crippen LogP contribution in [-0.2, 0) is 11.3 Å². The number of methoxy groups -OCH3 is 1. The van der Waals surface area contributed by atoms with Gasteiger partial charge in [-0.1, -0.05) is 12.1 Å². The van der Waals surface area contributed by atoms with Gasteiger partial charge in [0.1, 0.15) is 0 Å².